The minimum atomic E-state index is 0.304. The van der Waals surface area contributed by atoms with Gasteiger partial charge in [-0.3, -0.25) is 15.8 Å². The summed E-state index contributed by atoms with van der Waals surface area (Å²) in [5.74, 6) is 0.586. The Kier molecular flexibility index (Phi) is 6.41. The molecule has 1 aromatic carbocycles. The number of likely N-dealkylation sites (tertiary alicyclic amines) is 1. The summed E-state index contributed by atoms with van der Waals surface area (Å²) in [6.45, 7) is 3.93. The quantitative estimate of drug-likeness (QED) is 0.458. The van der Waals surface area contributed by atoms with E-state index in [2.05, 4.69) is 15.2 Å². The van der Waals surface area contributed by atoms with Crippen molar-refractivity contribution in [2.75, 3.05) is 40.3 Å². The van der Waals surface area contributed by atoms with Gasteiger partial charge in [-0.15, -0.1) is 0 Å². The average Bonchev–Trinajstić information content (AvgIpc) is 2.70. The molecular weight excluding hydrogens is 372 g/mol. The largest absolute Gasteiger partial charge is 0.496 e. The second kappa shape index (κ2) is 8.79. The highest BCUT2D eigenvalue weighted by Crippen LogP contribution is 2.38. The third kappa shape index (κ3) is 4.23. The van der Waals surface area contributed by atoms with E-state index < -0.39 is 0 Å². The fourth-order valence-corrected chi connectivity index (χ4v) is 4.56. The molecule has 0 aliphatic carbocycles. The smallest absolute Gasteiger partial charge is 0.162 e. The molecule has 0 saturated carbocycles. The summed E-state index contributed by atoms with van der Waals surface area (Å²) in [4.78, 5) is 6.06. The molecule has 5 N–H and O–H groups in total. The highest BCUT2D eigenvalue weighted by molar-refractivity contribution is 8.26. The summed E-state index contributed by atoms with van der Waals surface area (Å²) >= 11 is 1.17. The molecule has 0 bridgehead atoms. The number of thioether (sulfide) groups is 1. The van der Waals surface area contributed by atoms with Crippen LogP contribution in [0.1, 0.15) is 24.0 Å². The van der Waals surface area contributed by atoms with Gasteiger partial charge in [0.25, 0.3) is 0 Å². The van der Waals surface area contributed by atoms with Crippen molar-refractivity contribution in [2.45, 2.75) is 12.8 Å². The molecule has 8 heteroatoms. The molecule has 150 valence electrons. The van der Waals surface area contributed by atoms with Crippen LogP contribution in [0.25, 0.3) is 5.57 Å². The number of nitrogens with one attached hydrogen (secondary N) is 3. The Morgan fingerprint density at radius 3 is 2.79 bits per heavy atom. The summed E-state index contributed by atoms with van der Waals surface area (Å²) in [7, 11) is 3.28. The second-order valence-electron chi connectivity index (χ2n) is 7.30. The van der Waals surface area contributed by atoms with Crippen molar-refractivity contribution in [3.05, 3.63) is 35.5 Å². The molecule has 2 aliphatic heterocycles. The molecule has 0 amide bonds. The van der Waals surface area contributed by atoms with Crippen molar-refractivity contribution < 1.29 is 4.74 Å². The van der Waals surface area contributed by atoms with Gasteiger partial charge >= 0.3 is 0 Å². The number of hydrogen-bond donors (Lipinski definition) is 4. The summed E-state index contributed by atoms with van der Waals surface area (Å²) in [5, 5.41) is 21.1. The van der Waals surface area contributed by atoms with Gasteiger partial charge in [-0.25, -0.2) is 0 Å². The number of ether oxygens (including phenoxy) is 1. The van der Waals surface area contributed by atoms with Crippen molar-refractivity contribution in [3.8, 4) is 5.75 Å². The van der Waals surface area contributed by atoms with Crippen LogP contribution in [0.3, 0.4) is 0 Å². The minimum Gasteiger partial charge on any atom is -0.496 e. The van der Waals surface area contributed by atoms with E-state index in [0.717, 1.165) is 37.3 Å². The molecule has 2 saturated heterocycles. The van der Waals surface area contributed by atoms with Crippen LogP contribution in [-0.2, 0) is 0 Å². The number of hydrogen-bond acceptors (Lipinski definition) is 7. The number of nitrogens with zero attached hydrogens (tertiary/aromatic N) is 2. The molecule has 0 aromatic heterocycles. The zero-order valence-corrected chi connectivity index (χ0v) is 17.2. The van der Waals surface area contributed by atoms with Gasteiger partial charge in [-0.05, 0) is 48.8 Å². The fraction of sp³-hybridized carbons (Fsp3) is 0.450. The Balaban J connectivity index is 1.66. The van der Waals surface area contributed by atoms with Gasteiger partial charge in [-0.1, -0.05) is 6.07 Å². The first-order valence-electron chi connectivity index (χ1n) is 9.35. The lowest BCUT2D eigenvalue weighted by Gasteiger charge is -2.53. The number of piperidine rings is 1. The van der Waals surface area contributed by atoms with E-state index >= 15 is 0 Å². The number of benzene rings is 1. The summed E-state index contributed by atoms with van der Waals surface area (Å²) in [6.07, 6.45) is 5.61. The molecule has 1 aromatic rings. The molecule has 0 radical (unpaired) electrons. The predicted octanol–water partition coefficient (Wildman–Crippen LogP) is 2.37. The van der Waals surface area contributed by atoms with Gasteiger partial charge in [0.2, 0.25) is 0 Å². The average molecular weight is 401 g/mol. The Labute approximate surface area is 170 Å². The third-order valence-corrected chi connectivity index (χ3v) is 6.20. The highest BCUT2D eigenvalue weighted by Gasteiger charge is 2.44. The summed E-state index contributed by atoms with van der Waals surface area (Å²) < 4.78 is 5.49. The van der Waals surface area contributed by atoms with E-state index in [-0.39, 0.29) is 0 Å². The summed E-state index contributed by atoms with van der Waals surface area (Å²) in [5.41, 5.74) is 8.32. The molecule has 0 unspecified atom stereocenters. The second-order valence-corrected chi connectivity index (χ2v) is 8.30. The highest BCUT2D eigenvalue weighted by atomic mass is 32.2. The molecule has 2 aliphatic rings. The van der Waals surface area contributed by atoms with Crippen molar-refractivity contribution in [2.24, 2.45) is 16.1 Å². The topological polar surface area (TPSA) is 111 Å². The number of aliphatic imine (C=N–C) groups is 1. The first-order valence-corrected chi connectivity index (χ1v) is 10.2. The van der Waals surface area contributed by atoms with Crippen LogP contribution < -0.4 is 15.8 Å². The van der Waals surface area contributed by atoms with Gasteiger partial charge in [-0.2, -0.15) is 0 Å². The number of allylic oxidation sites excluding steroid dienone is 1. The van der Waals surface area contributed by atoms with E-state index in [1.54, 1.807) is 20.4 Å². The van der Waals surface area contributed by atoms with E-state index in [1.165, 1.54) is 30.8 Å². The van der Waals surface area contributed by atoms with Crippen LogP contribution in [0, 0.1) is 16.2 Å². The Morgan fingerprint density at radius 1 is 1.39 bits per heavy atom. The van der Waals surface area contributed by atoms with E-state index in [1.807, 2.05) is 18.2 Å². The van der Waals surface area contributed by atoms with Gasteiger partial charge in [0.05, 0.1) is 7.11 Å². The van der Waals surface area contributed by atoms with E-state index in [4.69, 9.17) is 21.3 Å². The van der Waals surface area contributed by atoms with Crippen LogP contribution in [0.5, 0.6) is 5.75 Å². The molecule has 28 heavy (non-hydrogen) atoms. The van der Waals surface area contributed by atoms with Gasteiger partial charge < -0.3 is 20.7 Å². The van der Waals surface area contributed by atoms with Crippen molar-refractivity contribution >= 4 is 33.8 Å². The molecule has 2 heterocycles. The van der Waals surface area contributed by atoms with Crippen molar-refractivity contribution in [3.63, 3.8) is 0 Å². The zero-order valence-electron chi connectivity index (χ0n) is 16.4. The van der Waals surface area contributed by atoms with Crippen LogP contribution in [-0.4, -0.2) is 61.7 Å². The number of amidine groups is 1. The minimum absolute atomic E-state index is 0.304. The summed E-state index contributed by atoms with van der Waals surface area (Å²) in [6, 6.07) is 5.58. The fourth-order valence-electron chi connectivity index (χ4n) is 3.83. The lowest BCUT2D eigenvalue weighted by Crippen LogP contribution is -2.63. The molecule has 3 rings (SSSR count). The Bertz CT molecular complexity index is 805. The Hall–Kier alpha value is -2.32. The number of methoxy groups -OCH3 is 1. The van der Waals surface area contributed by atoms with Gasteiger partial charge in [0, 0.05) is 55.6 Å². The standard InChI is InChI=1S/C20H28N6OS/c1-24-10-15(9-21)14-4-5-16(17(8-14)27-2)18(22)28-19(23)26-12-20(13-26)6-3-7-25-11-20/h4-5,8-10,22-23,25H,3,6-7,11-13,21H2,1-2H3. The maximum Gasteiger partial charge on any atom is 0.162 e. The van der Waals surface area contributed by atoms with Crippen molar-refractivity contribution in [1.29, 1.82) is 10.8 Å². The molecule has 0 atom stereocenters. The van der Waals surface area contributed by atoms with Crippen LogP contribution in [0.15, 0.2) is 29.4 Å². The maximum absolute atomic E-state index is 8.47. The predicted molar refractivity (Wildman–Crippen MR) is 118 cm³/mol. The maximum atomic E-state index is 8.47. The molecule has 1 spiro atoms. The van der Waals surface area contributed by atoms with Crippen LogP contribution in [0.2, 0.25) is 0 Å². The first kappa shape index (κ1) is 20.4. The normalized spacial score (nSPS) is 18.9. The van der Waals surface area contributed by atoms with Crippen molar-refractivity contribution in [1.82, 2.24) is 10.2 Å². The van der Waals surface area contributed by atoms with Gasteiger partial charge in [0.1, 0.15) is 10.8 Å². The third-order valence-electron chi connectivity index (χ3n) is 5.33. The zero-order chi connectivity index (χ0) is 20.1. The van der Waals surface area contributed by atoms with E-state index in [9.17, 15) is 0 Å². The molecule has 7 nitrogen and oxygen atoms in total. The SMILES string of the molecule is CN=CC(=CN)c1ccc(C(=N)SC(=N)N2CC3(CCCNC3)C2)c(OC)c1. The van der Waals surface area contributed by atoms with Crippen LogP contribution >= 0.6 is 11.8 Å². The van der Waals surface area contributed by atoms with Crippen LogP contribution in [0.4, 0.5) is 0 Å². The van der Waals surface area contributed by atoms with Gasteiger partial charge in [0.15, 0.2) is 5.17 Å². The monoisotopic (exact) mass is 400 g/mol. The lowest BCUT2D eigenvalue weighted by molar-refractivity contribution is 0.0355. The molecular formula is C20H28N6OS. The lowest BCUT2D eigenvalue weighted by atomic mass is 9.74. The van der Waals surface area contributed by atoms with E-state index in [0.29, 0.717) is 26.9 Å². The number of nitrogens with two attached hydrogens (primary N) is 1. The molecule has 2 fully saturated rings. The number of rotatable bonds is 4. The Morgan fingerprint density at radius 2 is 2.18 bits per heavy atom. The first-order chi connectivity index (χ1) is 13.5.